The quantitative estimate of drug-likeness (QED) is 0.644. The minimum Gasteiger partial charge on any atom is -0.493 e. The molecule has 1 nitrogen and oxygen atoms in total. The van der Waals surface area contributed by atoms with Crippen molar-refractivity contribution in [1.82, 2.24) is 0 Å². The summed E-state index contributed by atoms with van der Waals surface area (Å²) in [6.45, 7) is 7.43. The highest BCUT2D eigenvalue weighted by molar-refractivity contribution is 9.09. The first-order chi connectivity index (χ1) is 8.17. The largest absolute Gasteiger partial charge is 0.493 e. The maximum Gasteiger partial charge on any atom is 0.119 e. The molecule has 0 spiro atoms. The highest BCUT2D eigenvalue weighted by Gasteiger charge is 2.07. The van der Waals surface area contributed by atoms with E-state index in [1.807, 2.05) is 0 Å². The molecule has 17 heavy (non-hydrogen) atoms. The van der Waals surface area contributed by atoms with Gasteiger partial charge in [0.2, 0.25) is 0 Å². The molecule has 0 radical (unpaired) electrons. The Morgan fingerprint density at radius 2 is 1.82 bits per heavy atom. The van der Waals surface area contributed by atoms with Gasteiger partial charge in [-0.05, 0) is 30.0 Å². The van der Waals surface area contributed by atoms with E-state index in [-0.39, 0.29) is 0 Å². The highest BCUT2D eigenvalue weighted by Crippen LogP contribution is 2.20. The summed E-state index contributed by atoms with van der Waals surface area (Å²) in [6, 6.07) is 8.46. The molecular formula is C15H23BrO. The van der Waals surface area contributed by atoms with E-state index in [0.717, 1.165) is 17.7 Å². The van der Waals surface area contributed by atoms with E-state index in [2.05, 4.69) is 61.0 Å². The van der Waals surface area contributed by atoms with E-state index in [9.17, 15) is 0 Å². The van der Waals surface area contributed by atoms with Crippen LogP contribution in [0.3, 0.4) is 0 Å². The van der Waals surface area contributed by atoms with Gasteiger partial charge in [0, 0.05) is 11.2 Å². The van der Waals surface area contributed by atoms with Gasteiger partial charge in [0.1, 0.15) is 5.75 Å². The Balaban J connectivity index is 2.46. The van der Waals surface area contributed by atoms with Crippen molar-refractivity contribution < 1.29 is 4.74 Å². The average Bonchev–Trinajstić information content (AvgIpc) is 2.35. The molecule has 96 valence electrons. The predicted molar refractivity (Wildman–Crippen MR) is 78.2 cm³/mol. The monoisotopic (exact) mass is 298 g/mol. The molecule has 0 fully saturated rings. The lowest BCUT2D eigenvalue weighted by Crippen LogP contribution is -2.13. The summed E-state index contributed by atoms with van der Waals surface area (Å²) in [4.78, 5) is 0. The number of ether oxygens (including phenoxy) is 1. The molecule has 2 heteroatoms. The molecule has 0 saturated carbocycles. The summed E-state index contributed by atoms with van der Waals surface area (Å²) >= 11 is 3.54. The van der Waals surface area contributed by atoms with Crippen LogP contribution in [-0.2, 0) is 0 Å². The van der Waals surface area contributed by atoms with Gasteiger partial charge >= 0.3 is 0 Å². The lowest BCUT2D eigenvalue weighted by Gasteiger charge is -2.14. The minimum atomic E-state index is 0.583. The maximum atomic E-state index is 5.82. The molecule has 0 bridgehead atoms. The minimum absolute atomic E-state index is 0.583. The van der Waals surface area contributed by atoms with E-state index in [1.54, 1.807) is 0 Å². The molecule has 1 aromatic carbocycles. The van der Waals surface area contributed by atoms with Crippen molar-refractivity contribution in [2.45, 2.75) is 39.5 Å². The maximum absolute atomic E-state index is 5.82. The molecule has 1 rings (SSSR count). The lowest BCUT2D eigenvalue weighted by atomic mass is 10.0. The van der Waals surface area contributed by atoms with Crippen LogP contribution < -0.4 is 4.74 Å². The van der Waals surface area contributed by atoms with E-state index < -0.39 is 0 Å². The van der Waals surface area contributed by atoms with E-state index in [0.29, 0.717) is 11.8 Å². The molecule has 0 aliphatic carbocycles. The fourth-order valence-electron chi connectivity index (χ4n) is 1.78. The molecule has 1 aromatic rings. The van der Waals surface area contributed by atoms with E-state index in [4.69, 9.17) is 4.74 Å². The van der Waals surface area contributed by atoms with Crippen LogP contribution in [0.4, 0.5) is 0 Å². The highest BCUT2D eigenvalue weighted by atomic mass is 79.9. The van der Waals surface area contributed by atoms with Crippen LogP contribution in [0.5, 0.6) is 5.75 Å². The smallest absolute Gasteiger partial charge is 0.119 e. The summed E-state index contributed by atoms with van der Waals surface area (Å²) in [7, 11) is 0. The summed E-state index contributed by atoms with van der Waals surface area (Å²) in [5.74, 6) is 2.18. The van der Waals surface area contributed by atoms with Gasteiger partial charge in [0.15, 0.2) is 0 Å². The Labute approximate surface area is 114 Å². The molecule has 0 saturated heterocycles. The molecule has 1 atom stereocenters. The molecule has 0 aromatic heterocycles. The standard InChI is InChI=1S/C15H23BrO/c1-4-5-13(10-16)11-17-15-8-6-14(7-9-15)12(2)3/h6-9,12-13H,4-5,10-11H2,1-3H3. The fourth-order valence-corrected chi connectivity index (χ4v) is 2.29. The second kappa shape index (κ2) is 7.75. The fraction of sp³-hybridized carbons (Fsp3) is 0.600. The van der Waals surface area contributed by atoms with Crippen LogP contribution in [0, 0.1) is 5.92 Å². The van der Waals surface area contributed by atoms with Gasteiger partial charge < -0.3 is 4.74 Å². The first kappa shape index (κ1) is 14.6. The van der Waals surface area contributed by atoms with Crippen molar-refractivity contribution in [3.8, 4) is 5.75 Å². The second-order valence-electron chi connectivity index (χ2n) is 4.84. The van der Waals surface area contributed by atoms with Gasteiger partial charge in [-0.1, -0.05) is 55.3 Å². The zero-order chi connectivity index (χ0) is 12.7. The van der Waals surface area contributed by atoms with Gasteiger partial charge in [-0.25, -0.2) is 0 Å². The van der Waals surface area contributed by atoms with Crippen LogP contribution in [-0.4, -0.2) is 11.9 Å². The van der Waals surface area contributed by atoms with E-state index in [1.165, 1.54) is 18.4 Å². The normalized spacial score (nSPS) is 12.8. The van der Waals surface area contributed by atoms with Crippen LogP contribution in [0.15, 0.2) is 24.3 Å². The Morgan fingerprint density at radius 1 is 1.18 bits per heavy atom. The van der Waals surface area contributed by atoms with E-state index >= 15 is 0 Å². The number of hydrogen-bond acceptors (Lipinski definition) is 1. The molecule has 0 amide bonds. The summed E-state index contributed by atoms with van der Waals surface area (Å²) in [5.41, 5.74) is 1.36. The van der Waals surface area contributed by atoms with Crippen LogP contribution in [0.1, 0.15) is 45.1 Å². The SMILES string of the molecule is CCCC(CBr)COc1ccc(C(C)C)cc1. The Bertz CT molecular complexity index is 305. The molecule has 0 aliphatic heterocycles. The molecule has 0 heterocycles. The van der Waals surface area contributed by atoms with Crippen molar-refractivity contribution in [2.75, 3.05) is 11.9 Å². The zero-order valence-corrected chi connectivity index (χ0v) is 12.7. The average molecular weight is 299 g/mol. The van der Waals surface area contributed by atoms with Gasteiger partial charge in [-0.15, -0.1) is 0 Å². The van der Waals surface area contributed by atoms with Crippen molar-refractivity contribution >= 4 is 15.9 Å². The summed E-state index contributed by atoms with van der Waals surface area (Å²) < 4.78 is 5.82. The zero-order valence-electron chi connectivity index (χ0n) is 11.1. The Morgan fingerprint density at radius 3 is 2.29 bits per heavy atom. The third kappa shape index (κ3) is 5.12. The Kier molecular flexibility index (Phi) is 6.64. The van der Waals surface area contributed by atoms with Gasteiger partial charge in [0.25, 0.3) is 0 Å². The third-order valence-corrected chi connectivity index (χ3v) is 3.86. The second-order valence-corrected chi connectivity index (χ2v) is 5.49. The first-order valence-electron chi connectivity index (χ1n) is 6.46. The first-order valence-corrected chi connectivity index (χ1v) is 7.58. The number of alkyl halides is 1. The number of benzene rings is 1. The number of rotatable bonds is 7. The number of hydrogen-bond donors (Lipinski definition) is 0. The van der Waals surface area contributed by atoms with Crippen LogP contribution in [0.2, 0.25) is 0 Å². The molecule has 0 aliphatic rings. The van der Waals surface area contributed by atoms with Crippen molar-refractivity contribution in [1.29, 1.82) is 0 Å². The van der Waals surface area contributed by atoms with Crippen LogP contribution in [0.25, 0.3) is 0 Å². The van der Waals surface area contributed by atoms with Crippen LogP contribution >= 0.6 is 15.9 Å². The van der Waals surface area contributed by atoms with Gasteiger partial charge in [-0.3, -0.25) is 0 Å². The van der Waals surface area contributed by atoms with Crippen molar-refractivity contribution in [3.63, 3.8) is 0 Å². The third-order valence-electron chi connectivity index (χ3n) is 2.95. The van der Waals surface area contributed by atoms with Gasteiger partial charge in [-0.2, -0.15) is 0 Å². The van der Waals surface area contributed by atoms with Crippen molar-refractivity contribution in [2.24, 2.45) is 5.92 Å². The molecular weight excluding hydrogens is 276 g/mol. The topological polar surface area (TPSA) is 9.23 Å². The Hall–Kier alpha value is -0.500. The molecule has 1 unspecified atom stereocenters. The predicted octanol–water partition coefficient (Wildman–Crippen LogP) is 5.00. The van der Waals surface area contributed by atoms with Gasteiger partial charge in [0.05, 0.1) is 6.61 Å². The summed E-state index contributed by atoms with van der Waals surface area (Å²) in [6.07, 6.45) is 2.43. The lowest BCUT2D eigenvalue weighted by molar-refractivity contribution is 0.255. The molecule has 0 N–H and O–H groups in total. The van der Waals surface area contributed by atoms with Crippen molar-refractivity contribution in [3.05, 3.63) is 29.8 Å². The summed E-state index contributed by atoms with van der Waals surface area (Å²) in [5, 5.41) is 1.02. The number of halogens is 1.